The lowest BCUT2D eigenvalue weighted by atomic mass is 10.2. The van der Waals surface area contributed by atoms with Gasteiger partial charge in [0.15, 0.2) is 0 Å². The molecule has 0 radical (unpaired) electrons. The molecule has 0 aliphatic carbocycles. The van der Waals surface area contributed by atoms with E-state index in [1.807, 2.05) is 6.92 Å². The lowest BCUT2D eigenvalue weighted by Gasteiger charge is -2.12. The summed E-state index contributed by atoms with van der Waals surface area (Å²) in [4.78, 5) is 31.4. The molecule has 166 valence electrons. The largest absolute Gasteiger partial charge is 0.494 e. The fraction of sp³-hybridized carbons (Fsp3) is 0.190. The number of anilines is 4. The number of nitrogens with zero attached hydrogens (tertiary/aromatic N) is 3. The molecule has 0 amide bonds. The van der Waals surface area contributed by atoms with Crippen molar-refractivity contribution in [1.82, 2.24) is 9.97 Å². The van der Waals surface area contributed by atoms with Gasteiger partial charge in [-0.1, -0.05) is 11.6 Å². The average molecular weight is 458 g/mol. The predicted octanol–water partition coefficient (Wildman–Crippen LogP) is 5.02. The van der Waals surface area contributed by atoms with Crippen molar-refractivity contribution in [3.8, 4) is 5.75 Å². The molecule has 0 atom stereocenters. The third-order valence-corrected chi connectivity index (χ3v) is 4.63. The number of esters is 1. The third kappa shape index (κ3) is 5.22. The van der Waals surface area contributed by atoms with Gasteiger partial charge in [-0.2, -0.15) is 4.98 Å². The van der Waals surface area contributed by atoms with E-state index in [1.54, 1.807) is 30.3 Å². The van der Waals surface area contributed by atoms with Gasteiger partial charge >= 0.3 is 11.7 Å². The zero-order chi connectivity index (χ0) is 23.3. The summed E-state index contributed by atoms with van der Waals surface area (Å²) in [6.45, 7) is 3.92. The first-order valence-electron chi connectivity index (χ1n) is 9.50. The molecular formula is C21H20ClN5O5. The van der Waals surface area contributed by atoms with Crippen molar-refractivity contribution in [2.24, 2.45) is 0 Å². The number of aromatic nitrogens is 2. The van der Waals surface area contributed by atoms with Gasteiger partial charge in [0.25, 0.3) is 0 Å². The number of nitrogens with one attached hydrogen (secondary N) is 2. The van der Waals surface area contributed by atoms with Gasteiger partial charge < -0.3 is 20.1 Å². The number of carbonyl (C=O) groups is 1. The SMILES string of the molecule is CCOc1ccc(Nc2nc(Nc3ccc(Cl)c(C(=O)OC)c3)nc(C)c2[N+](=O)[O-])cc1. The Morgan fingerprint density at radius 3 is 2.44 bits per heavy atom. The van der Waals surface area contributed by atoms with Gasteiger partial charge in [0, 0.05) is 11.4 Å². The van der Waals surface area contributed by atoms with Crippen molar-refractivity contribution in [2.45, 2.75) is 13.8 Å². The van der Waals surface area contributed by atoms with Crippen LogP contribution in [0.1, 0.15) is 23.0 Å². The number of benzene rings is 2. The van der Waals surface area contributed by atoms with Crippen LogP contribution in [0.15, 0.2) is 42.5 Å². The highest BCUT2D eigenvalue weighted by Crippen LogP contribution is 2.31. The first kappa shape index (κ1) is 22.8. The van der Waals surface area contributed by atoms with E-state index in [0.29, 0.717) is 23.7 Å². The summed E-state index contributed by atoms with van der Waals surface area (Å²) in [5.41, 5.74) is 1.10. The maximum absolute atomic E-state index is 11.9. The quantitative estimate of drug-likeness (QED) is 0.272. The molecule has 10 nitrogen and oxygen atoms in total. The maximum atomic E-state index is 11.9. The summed E-state index contributed by atoms with van der Waals surface area (Å²) in [7, 11) is 1.25. The summed E-state index contributed by atoms with van der Waals surface area (Å²) in [6, 6.07) is 11.6. The fourth-order valence-electron chi connectivity index (χ4n) is 2.87. The van der Waals surface area contributed by atoms with E-state index in [2.05, 4.69) is 20.6 Å². The van der Waals surface area contributed by atoms with E-state index in [9.17, 15) is 14.9 Å². The second-order valence-corrected chi connectivity index (χ2v) is 6.89. The van der Waals surface area contributed by atoms with Crippen LogP contribution in [0, 0.1) is 17.0 Å². The van der Waals surface area contributed by atoms with Gasteiger partial charge in [0.05, 0.1) is 29.2 Å². The van der Waals surface area contributed by atoms with E-state index in [0.717, 1.165) is 0 Å². The highest BCUT2D eigenvalue weighted by molar-refractivity contribution is 6.33. The monoisotopic (exact) mass is 457 g/mol. The number of aryl methyl sites for hydroxylation is 1. The molecule has 3 rings (SSSR count). The van der Waals surface area contributed by atoms with Crippen LogP contribution in [0.5, 0.6) is 5.75 Å². The zero-order valence-electron chi connectivity index (χ0n) is 17.5. The molecule has 32 heavy (non-hydrogen) atoms. The number of carbonyl (C=O) groups excluding carboxylic acids is 1. The second-order valence-electron chi connectivity index (χ2n) is 6.48. The van der Waals surface area contributed by atoms with Gasteiger partial charge in [-0.15, -0.1) is 0 Å². The Morgan fingerprint density at radius 2 is 1.81 bits per heavy atom. The average Bonchev–Trinajstić information content (AvgIpc) is 2.75. The summed E-state index contributed by atoms with van der Waals surface area (Å²) in [5.74, 6) is 0.186. The third-order valence-electron chi connectivity index (χ3n) is 4.30. The minimum Gasteiger partial charge on any atom is -0.494 e. The van der Waals surface area contributed by atoms with Crippen LogP contribution < -0.4 is 15.4 Å². The van der Waals surface area contributed by atoms with Gasteiger partial charge in [-0.05, 0) is 56.3 Å². The number of nitro groups is 1. The smallest absolute Gasteiger partial charge is 0.339 e. The second kappa shape index (κ2) is 9.92. The van der Waals surface area contributed by atoms with Crippen molar-refractivity contribution < 1.29 is 19.2 Å². The van der Waals surface area contributed by atoms with Crippen molar-refractivity contribution in [1.29, 1.82) is 0 Å². The molecule has 11 heteroatoms. The van der Waals surface area contributed by atoms with Crippen LogP contribution in [-0.4, -0.2) is 34.6 Å². The number of rotatable bonds is 8. The van der Waals surface area contributed by atoms with Gasteiger partial charge in [-0.3, -0.25) is 10.1 Å². The van der Waals surface area contributed by atoms with E-state index >= 15 is 0 Å². The van der Waals surface area contributed by atoms with Crippen LogP contribution in [0.2, 0.25) is 5.02 Å². The molecule has 0 aliphatic heterocycles. The Bertz CT molecular complexity index is 1150. The molecule has 2 N–H and O–H groups in total. The van der Waals surface area contributed by atoms with Crippen LogP contribution >= 0.6 is 11.6 Å². The van der Waals surface area contributed by atoms with Crippen molar-refractivity contribution in [3.63, 3.8) is 0 Å². The van der Waals surface area contributed by atoms with Gasteiger partial charge in [-0.25, -0.2) is 9.78 Å². The molecule has 3 aromatic rings. The Balaban J connectivity index is 1.94. The highest BCUT2D eigenvalue weighted by Gasteiger charge is 2.23. The zero-order valence-corrected chi connectivity index (χ0v) is 18.3. The van der Waals surface area contributed by atoms with Gasteiger partial charge in [0.1, 0.15) is 11.4 Å². The number of hydrogen-bond acceptors (Lipinski definition) is 9. The molecule has 1 aromatic heterocycles. The van der Waals surface area contributed by atoms with Crippen LogP contribution in [0.4, 0.5) is 28.8 Å². The first-order chi connectivity index (χ1) is 15.3. The van der Waals surface area contributed by atoms with Crippen LogP contribution in [-0.2, 0) is 4.74 Å². The molecule has 0 spiro atoms. The fourth-order valence-corrected chi connectivity index (χ4v) is 3.06. The predicted molar refractivity (Wildman–Crippen MR) is 120 cm³/mol. The van der Waals surface area contributed by atoms with E-state index in [1.165, 1.54) is 26.2 Å². The summed E-state index contributed by atoms with van der Waals surface area (Å²) < 4.78 is 10.1. The molecule has 0 saturated carbocycles. The molecular weight excluding hydrogens is 438 g/mol. The number of halogens is 1. The Morgan fingerprint density at radius 1 is 1.12 bits per heavy atom. The lowest BCUT2D eigenvalue weighted by Crippen LogP contribution is -2.08. The first-order valence-corrected chi connectivity index (χ1v) is 9.88. The van der Waals surface area contributed by atoms with E-state index in [-0.39, 0.29) is 33.7 Å². The number of hydrogen-bond donors (Lipinski definition) is 2. The van der Waals surface area contributed by atoms with Crippen LogP contribution in [0.25, 0.3) is 0 Å². The molecule has 1 heterocycles. The molecule has 0 saturated heterocycles. The topological polar surface area (TPSA) is 129 Å². The number of methoxy groups -OCH3 is 1. The van der Waals surface area contributed by atoms with E-state index < -0.39 is 10.9 Å². The highest BCUT2D eigenvalue weighted by atomic mass is 35.5. The molecule has 0 unspecified atom stereocenters. The summed E-state index contributed by atoms with van der Waals surface area (Å²) >= 11 is 6.05. The Hall–Kier alpha value is -3.92. The van der Waals surface area contributed by atoms with Crippen molar-refractivity contribution in [3.05, 3.63) is 68.9 Å². The van der Waals surface area contributed by atoms with E-state index in [4.69, 9.17) is 21.1 Å². The van der Waals surface area contributed by atoms with Crippen molar-refractivity contribution >= 4 is 46.4 Å². The maximum Gasteiger partial charge on any atom is 0.339 e. The van der Waals surface area contributed by atoms with Crippen molar-refractivity contribution in [2.75, 3.05) is 24.4 Å². The molecule has 0 bridgehead atoms. The van der Waals surface area contributed by atoms with Crippen LogP contribution in [0.3, 0.4) is 0 Å². The summed E-state index contributed by atoms with van der Waals surface area (Å²) in [5, 5.41) is 17.7. The normalized spacial score (nSPS) is 10.4. The lowest BCUT2D eigenvalue weighted by molar-refractivity contribution is -0.385. The minimum absolute atomic E-state index is 0.0105. The number of ether oxygens (including phenoxy) is 2. The standard InChI is InChI=1S/C21H20ClN5O5/c1-4-32-15-8-5-13(6-9-15)24-19-18(27(29)30)12(2)23-21(26-19)25-14-7-10-17(22)16(11-14)20(28)31-3/h5-11H,4H2,1-3H3,(H2,23,24,25,26). The van der Waals surface area contributed by atoms with Gasteiger partial charge in [0.2, 0.25) is 11.8 Å². The molecule has 0 aliphatic rings. The Labute approximate surface area is 188 Å². The molecule has 2 aromatic carbocycles. The Kier molecular flexibility index (Phi) is 7.06. The summed E-state index contributed by atoms with van der Waals surface area (Å²) in [6.07, 6.45) is 0. The minimum atomic E-state index is -0.600. The molecule has 0 fully saturated rings.